The van der Waals surface area contributed by atoms with Gasteiger partial charge in [-0.05, 0) is 17.3 Å². The van der Waals surface area contributed by atoms with Crippen molar-refractivity contribution in [3.8, 4) is 5.75 Å². The van der Waals surface area contributed by atoms with Crippen molar-refractivity contribution >= 4 is 28.3 Å². The molecular weight excluding hydrogens is 230 g/mol. The van der Waals surface area contributed by atoms with Crippen molar-refractivity contribution in [2.75, 3.05) is 11.1 Å². The second-order valence-corrected chi connectivity index (χ2v) is 3.60. The number of benzene rings is 1. The van der Waals surface area contributed by atoms with Crippen molar-refractivity contribution in [2.24, 2.45) is 0 Å². The van der Waals surface area contributed by atoms with Crippen LogP contribution in [0.1, 0.15) is 10.4 Å². The monoisotopic (exact) mass is 237 g/mol. The SMILES string of the molecule is Nc1cccc(C(=O)Nc2nnns2)c1O. The molecule has 0 unspecified atom stereocenters. The van der Waals surface area contributed by atoms with Crippen LogP contribution in [0.2, 0.25) is 0 Å². The van der Waals surface area contributed by atoms with Gasteiger partial charge in [0.15, 0.2) is 5.75 Å². The minimum atomic E-state index is -0.511. The molecule has 0 saturated heterocycles. The minimum Gasteiger partial charge on any atom is -0.505 e. The lowest BCUT2D eigenvalue weighted by Gasteiger charge is -2.05. The van der Waals surface area contributed by atoms with Crippen LogP contribution < -0.4 is 11.1 Å². The first-order chi connectivity index (χ1) is 7.68. The lowest BCUT2D eigenvalue weighted by atomic mass is 10.1. The van der Waals surface area contributed by atoms with Gasteiger partial charge >= 0.3 is 0 Å². The molecule has 0 spiro atoms. The Hall–Kier alpha value is -2.22. The Morgan fingerprint density at radius 2 is 2.31 bits per heavy atom. The second-order valence-electron chi connectivity index (χ2n) is 2.87. The van der Waals surface area contributed by atoms with Crippen molar-refractivity contribution < 1.29 is 9.90 Å². The van der Waals surface area contributed by atoms with Crippen LogP contribution in [0.3, 0.4) is 0 Å². The fourth-order valence-corrected chi connectivity index (χ4v) is 1.45. The highest BCUT2D eigenvalue weighted by Crippen LogP contribution is 2.25. The number of phenolic OH excluding ortho intramolecular Hbond substituents is 1. The molecule has 0 fully saturated rings. The standard InChI is InChI=1S/C8H7N5O2S/c9-5-3-1-2-4(6(5)14)7(15)10-8-11-12-13-16-8/h1-3,14H,9H2,(H,10,11,13,15). The predicted molar refractivity (Wildman–Crippen MR) is 58.2 cm³/mol. The van der Waals surface area contributed by atoms with E-state index < -0.39 is 5.91 Å². The zero-order valence-corrected chi connectivity index (χ0v) is 8.73. The molecule has 0 aliphatic rings. The zero-order valence-electron chi connectivity index (χ0n) is 7.91. The highest BCUT2D eigenvalue weighted by molar-refractivity contribution is 7.09. The summed E-state index contributed by atoms with van der Waals surface area (Å²) < 4.78 is 3.49. The van der Waals surface area contributed by atoms with E-state index in [1.807, 2.05) is 0 Å². The first-order valence-electron chi connectivity index (χ1n) is 4.22. The Kier molecular flexibility index (Phi) is 2.64. The van der Waals surface area contributed by atoms with Crippen LogP contribution >= 0.6 is 11.5 Å². The average molecular weight is 237 g/mol. The van der Waals surface area contributed by atoms with Crippen LogP contribution in [-0.4, -0.2) is 25.8 Å². The first kappa shape index (κ1) is 10.3. The highest BCUT2D eigenvalue weighted by atomic mass is 32.1. The molecule has 1 aromatic heterocycles. The number of amides is 1. The molecule has 0 atom stereocenters. The largest absolute Gasteiger partial charge is 0.505 e. The molecule has 16 heavy (non-hydrogen) atoms. The normalized spacial score (nSPS) is 10.0. The maximum Gasteiger partial charge on any atom is 0.261 e. The van der Waals surface area contributed by atoms with E-state index in [4.69, 9.17) is 5.73 Å². The maximum absolute atomic E-state index is 11.7. The van der Waals surface area contributed by atoms with Gasteiger partial charge in [-0.2, -0.15) is 0 Å². The Labute approximate surface area is 94.1 Å². The second kappa shape index (κ2) is 4.11. The number of hydrogen-bond acceptors (Lipinski definition) is 7. The van der Waals surface area contributed by atoms with E-state index in [1.165, 1.54) is 12.1 Å². The fourth-order valence-electron chi connectivity index (χ4n) is 1.09. The van der Waals surface area contributed by atoms with Crippen LogP contribution in [0, 0.1) is 0 Å². The van der Waals surface area contributed by atoms with Gasteiger partial charge in [0.2, 0.25) is 5.13 Å². The van der Waals surface area contributed by atoms with Crippen molar-refractivity contribution in [2.45, 2.75) is 0 Å². The van der Waals surface area contributed by atoms with Crippen molar-refractivity contribution in [1.82, 2.24) is 14.8 Å². The third kappa shape index (κ3) is 1.91. The maximum atomic E-state index is 11.7. The number of carbonyl (C=O) groups is 1. The summed E-state index contributed by atoms with van der Waals surface area (Å²) in [5.74, 6) is -0.763. The van der Waals surface area contributed by atoms with E-state index in [0.29, 0.717) is 0 Å². The lowest BCUT2D eigenvalue weighted by Crippen LogP contribution is -2.12. The van der Waals surface area contributed by atoms with E-state index in [2.05, 4.69) is 20.1 Å². The molecule has 1 heterocycles. The van der Waals surface area contributed by atoms with Crippen molar-refractivity contribution in [1.29, 1.82) is 0 Å². The summed E-state index contributed by atoms with van der Waals surface area (Å²) in [4.78, 5) is 11.7. The van der Waals surface area contributed by atoms with Crippen LogP contribution in [0.25, 0.3) is 0 Å². The van der Waals surface area contributed by atoms with Gasteiger partial charge < -0.3 is 10.8 Å². The molecule has 0 saturated carbocycles. The fraction of sp³-hybridized carbons (Fsp3) is 0. The van der Waals surface area contributed by atoms with Gasteiger partial charge in [0.25, 0.3) is 5.91 Å². The summed E-state index contributed by atoms with van der Waals surface area (Å²) in [7, 11) is 0. The number of para-hydroxylation sites is 1. The molecule has 0 aliphatic heterocycles. The van der Waals surface area contributed by atoms with E-state index in [9.17, 15) is 9.90 Å². The van der Waals surface area contributed by atoms with E-state index in [-0.39, 0.29) is 22.1 Å². The molecule has 0 aliphatic carbocycles. The molecule has 1 amide bonds. The molecule has 82 valence electrons. The Morgan fingerprint density at radius 1 is 1.50 bits per heavy atom. The smallest absolute Gasteiger partial charge is 0.261 e. The average Bonchev–Trinajstić information content (AvgIpc) is 2.74. The third-order valence-corrected chi connectivity index (χ3v) is 2.34. The van der Waals surface area contributed by atoms with Gasteiger partial charge in [-0.25, -0.2) is 0 Å². The molecule has 2 aromatic rings. The Bertz CT molecular complexity index is 513. The first-order valence-corrected chi connectivity index (χ1v) is 4.99. The number of aromatic hydroxyl groups is 1. The number of phenols is 1. The number of nitrogens with one attached hydrogen (secondary N) is 1. The molecule has 0 bridgehead atoms. The summed E-state index contributed by atoms with van der Waals surface area (Å²) in [5.41, 5.74) is 5.68. The number of anilines is 2. The quantitative estimate of drug-likeness (QED) is 0.517. The molecule has 8 heteroatoms. The summed E-state index contributed by atoms with van der Waals surface area (Å²) in [6.45, 7) is 0. The summed E-state index contributed by atoms with van der Waals surface area (Å²) in [5, 5.41) is 19.1. The number of rotatable bonds is 2. The molecule has 1 aromatic carbocycles. The van der Waals surface area contributed by atoms with Gasteiger partial charge in [0.1, 0.15) is 0 Å². The van der Waals surface area contributed by atoms with Gasteiger partial charge in [-0.3, -0.25) is 10.1 Å². The van der Waals surface area contributed by atoms with Gasteiger partial charge in [0.05, 0.1) is 11.3 Å². The molecule has 7 nitrogen and oxygen atoms in total. The summed E-state index contributed by atoms with van der Waals surface area (Å²) in [6, 6.07) is 4.52. The Balaban J connectivity index is 2.24. The number of carbonyl (C=O) groups excluding carboxylic acids is 1. The number of aromatic nitrogens is 3. The third-order valence-electron chi connectivity index (χ3n) is 1.83. The van der Waals surface area contributed by atoms with Crippen LogP contribution in [0.4, 0.5) is 10.8 Å². The topological polar surface area (TPSA) is 114 Å². The summed E-state index contributed by atoms with van der Waals surface area (Å²) >= 11 is 0.939. The summed E-state index contributed by atoms with van der Waals surface area (Å²) in [6.07, 6.45) is 0. The number of hydrogen-bond donors (Lipinski definition) is 3. The van der Waals surface area contributed by atoms with E-state index in [1.54, 1.807) is 6.07 Å². The van der Waals surface area contributed by atoms with E-state index in [0.717, 1.165) is 11.5 Å². The lowest BCUT2D eigenvalue weighted by molar-refractivity contribution is 0.102. The highest BCUT2D eigenvalue weighted by Gasteiger charge is 2.14. The van der Waals surface area contributed by atoms with Gasteiger partial charge in [-0.15, -0.1) is 0 Å². The van der Waals surface area contributed by atoms with Crippen molar-refractivity contribution in [3.05, 3.63) is 23.8 Å². The molecule has 4 N–H and O–H groups in total. The zero-order chi connectivity index (χ0) is 11.5. The van der Waals surface area contributed by atoms with Crippen LogP contribution in [0.15, 0.2) is 18.2 Å². The Morgan fingerprint density at radius 3 is 3.00 bits per heavy atom. The van der Waals surface area contributed by atoms with Crippen molar-refractivity contribution in [3.63, 3.8) is 0 Å². The number of nitrogens with zero attached hydrogens (tertiary/aromatic N) is 3. The predicted octanol–water partition coefficient (Wildman–Crippen LogP) is 0.473. The van der Waals surface area contributed by atoms with E-state index >= 15 is 0 Å². The minimum absolute atomic E-state index is 0.0789. The van der Waals surface area contributed by atoms with Gasteiger partial charge in [-0.1, -0.05) is 15.7 Å². The number of nitrogens with two attached hydrogens (primary N) is 1. The van der Waals surface area contributed by atoms with Gasteiger partial charge in [0, 0.05) is 11.5 Å². The molecule has 0 radical (unpaired) electrons. The van der Waals surface area contributed by atoms with Crippen LogP contribution in [-0.2, 0) is 0 Å². The number of nitrogen functional groups attached to an aromatic ring is 1. The molecule has 2 rings (SSSR count). The molecular formula is C8H7N5O2S. The van der Waals surface area contributed by atoms with Crippen LogP contribution in [0.5, 0.6) is 5.75 Å².